The fraction of sp³-hybridized carbons (Fsp3) is 0.571. The molecule has 1 fully saturated rings. The van der Waals surface area contributed by atoms with Crippen molar-refractivity contribution in [3.63, 3.8) is 0 Å². The van der Waals surface area contributed by atoms with Crippen LogP contribution in [0.5, 0.6) is 0 Å². The second kappa shape index (κ2) is 6.52. The zero-order valence-electron chi connectivity index (χ0n) is 11.3. The highest BCUT2D eigenvalue weighted by Gasteiger charge is 2.20. The Balaban J connectivity index is 2.03. The highest BCUT2D eigenvalue weighted by molar-refractivity contribution is 5.92. The molecule has 2 rings (SSSR count). The Labute approximate surface area is 113 Å². The third kappa shape index (κ3) is 3.67. The molecule has 19 heavy (non-hydrogen) atoms. The molecule has 0 bridgehead atoms. The van der Waals surface area contributed by atoms with Gasteiger partial charge in [0.2, 0.25) is 5.91 Å². The number of carbonyl (C=O) groups excluding carboxylic acids is 1. The van der Waals surface area contributed by atoms with E-state index >= 15 is 0 Å². The van der Waals surface area contributed by atoms with Gasteiger partial charge in [0.05, 0.1) is 11.6 Å². The maximum atomic E-state index is 12.1. The standard InChI is InChI=1S/C14H21N3O2/c1-2-8-17-10-12(5-6-13(17)18)16-14(19)11-4-3-7-15-9-11/h5-6,10-11,15H,2-4,7-9H2,1H3,(H,16,19). The van der Waals surface area contributed by atoms with E-state index in [-0.39, 0.29) is 17.4 Å². The number of nitrogens with one attached hydrogen (secondary N) is 2. The van der Waals surface area contributed by atoms with E-state index in [1.165, 1.54) is 6.07 Å². The number of anilines is 1. The second-order valence-corrected chi connectivity index (χ2v) is 4.98. The van der Waals surface area contributed by atoms with E-state index in [1.54, 1.807) is 16.8 Å². The van der Waals surface area contributed by atoms with Crippen molar-refractivity contribution in [1.82, 2.24) is 9.88 Å². The summed E-state index contributed by atoms with van der Waals surface area (Å²) in [4.78, 5) is 23.7. The molecule has 5 heteroatoms. The molecule has 0 radical (unpaired) electrons. The van der Waals surface area contributed by atoms with Crippen LogP contribution in [0.3, 0.4) is 0 Å². The number of aromatic nitrogens is 1. The van der Waals surface area contributed by atoms with Gasteiger partial charge in [0, 0.05) is 25.4 Å². The van der Waals surface area contributed by atoms with Gasteiger partial charge in [-0.25, -0.2) is 0 Å². The Morgan fingerprint density at radius 3 is 3.05 bits per heavy atom. The Morgan fingerprint density at radius 2 is 2.37 bits per heavy atom. The van der Waals surface area contributed by atoms with E-state index in [0.29, 0.717) is 12.2 Å². The molecule has 0 aliphatic carbocycles. The van der Waals surface area contributed by atoms with Crippen molar-refractivity contribution in [2.45, 2.75) is 32.7 Å². The van der Waals surface area contributed by atoms with Gasteiger partial charge in [0.1, 0.15) is 0 Å². The summed E-state index contributed by atoms with van der Waals surface area (Å²) in [7, 11) is 0. The normalized spacial score (nSPS) is 19.1. The number of hydrogen-bond donors (Lipinski definition) is 2. The molecule has 1 amide bonds. The van der Waals surface area contributed by atoms with Gasteiger partial charge in [-0.15, -0.1) is 0 Å². The summed E-state index contributed by atoms with van der Waals surface area (Å²) in [6, 6.07) is 3.17. The van der Waals surface area contributed by atoms with E-state index < -0.39 is 0 Å². The number of nitrogens with zero attached hydrogens (tertiary/aromatic N) is 1. The van der Waals surface area contributed by atoms with Crippen molar-refractivity contribution >= 4 is 11.6 Å². The van der Waals surface area contributed by atoms with Crippen LogP contribution in [0.15, 0.2) is 23.1 Å². The molecule has 1 aliphatic rings. The van der Waals surface area contributed by atoms with Crippen molar-refractivity contribution in [2.24, 2.45) is 5.92 Å². The van der Waals surface area contributed by atoms with Gasteiger partial charge in [-0.3, -0.25) is 9.59 Å². The van der Waals surface area contributed by atoms with Crippen LogP contribution in [0.4, 0.5) is 5.69 Å². The maximum absolute atomic E-state index is 12.1. The quantitative estimate of drug-likeness (QED) is 0.858. The number of aryl methyl sites for hydroxylation is 1. The molecule has 0 saturated carbocycles. The van der Waals surface area contributed by atoms with Crippen molar-refractivity contribution in [3.8, 4) is 0 Å². The minimum absolute atomic E-state index is 0.0281. The molecule has 1 unspecified atom stereocenters. The maximum Gasteiger partial charge on any atom is 0.250 e. The molecule has 1 aromatic heterocycles. The fourth-order valence-corrected chi connectivity index (χ4v) is 2.34. The van der Waals surface area contributed by atoms with Crippen LogP contribution in [0.25, 0.3) is 0 Å². The molecule has 1 aliphatic heterocycles. The predicted octanol–water partition coefficient (Wildman–Crippen LogP) is 1.20. The summed E-state index contributed by atoms with van der Waals surface area (Å²) in [6.45, 7) is 4.42. The van der Waals surface area contributed by atoms with Gasteiger partial charge in [-0.05, 0) is 31.9 Å². The predicted molar refractivity (Wildman–Crippen MR) is 75.2 cm³/mol. The van der Waals surface area contributed by atoms with E-state index in [9.17, 15) is 9.59 Å². The van der Waals surface area contributed by atoms with E-state index in [2.05, 4.69) is 10.6 Å². The molecule has 2 heterocycles. The average Bonchev–Trinajstić information content (AvgIpc) is 2.44. The molecular weight excluding hydrogens is 242 g/mol. The van der Waals surface area contributed by atoms with Gasteiger partial charge < -0.3 is 15.2 Å². The van der Waals surface area contributed by atoms with Crippen LogP contribution in [0.2, 0.25) is 0 Å². The Morgan fingerprint density at radius 1 is 1.53 bits per heavy atom. The number of piperidine rings is 1. The number of hydrogen-bond acceptors (Lipinski definition) is 3. The Bertz CT molecular complexity index is 490. The number of amides is 1. The SMILES string of the molecule is CCCn1cc(NC(=O)C2CCCNC2)ccc1=O. The van der Waals surface area contributed by atoms with Crippen LogP contribution in [-0.4, -0.2) is 23.6 Å². The lowest BCUT2D eigenvalue weighted by Gasteiger charge is -2.22. The van der Waals surface area contributed by atoms with Gasteiger partial charge in [0.15, 0.2) is 0 Å². The summed E-state index contributed by atoms with van der Waals surface area (Å²) in [5.41, 5.74) is 0.669. The molecule has 0 aromatic carbocycles. The lowest BCUT2D eigenvalue weighted by molar-refractivity contribution is -0.120. The third-order valence-corrected chi connectivity index (χ3v) is 3.38. The third-order valence-electron chi connectivity index (χ3n) is 3.38. The van der Waals surface area contributed by atoms with Gasteiger partial charge in [-0.2, -0.15) is 0 Å². The topological polar surface area (TPSA) is 63.1 Å². The van der Waals surface area contributed by atoms with Crippen LogP contribution >= 0.6 is 0 Å². The van der Waals surface area contributed by atoms with E-state index in [4.69, 9.17) is 0 Å². The number of rotatable bonds is 4. The number of pyridine rings is 1. The molecular formula is C14H21N3O2. The van der Waals surface area contributed by atoms with E-state index in [0.717, 1.165) is 32.4 Å². The second-order valence-electron chi connectivity index (χ2n) is 4.98. The summed E-state index contributed by atoms with van der Waals surface area (Å²) in [5, 5.41) is 6.13. The van der Waals surface area contributed by atoms with Crippen LogP contribution in [-0.2, 0) is 11.3 Å². The highest BCUT2D eigenvalue weighted by Crippen LogP contribution is 2.13. The lowest BCUT2D eigenvalue weighted by atomic mass is 9.99. The average molecular weight is 263 g/mol. The van der Waals surface area contributed by atoms with Crippen molar-refractivity contribution in [2.75, 3.05) is 18.4 Å². The first-order valence-electron chi connectivity index (χ1n) is 6.93. The largest absolute Gasteiger partial charge is 0.325 e. The fourth-order valence-electron chi connectivity index (χ4n) is 2.34. The first-order valence-corrected chi connectivity index (χ1v) is 6.93. The molecule has 5 nitrogen and oxygen atoms in total. The van der Waals surface area contributed by atoms with Gasteiger partial charge in [-0.1, -0.05) is 6.92 Å². The van der Waals surface area contributed by atoms with Crippen molar-refractivity contribution < 1.29 is 4.79 Å². The Kier molecular flexibility index (Phi) is 4.74. The highest BCUT2D eigenvalue weighted by atomic mass is 16.2. The summed E-state index contributed by atoms with van der Waals surface area (Å²) < 4.78 is 1.63. The monoisotopic (exact) mass is 263 g/mol. The zero-order valence-corrected chi connectivity index (χ0v) is 11.3. The first-order chi connectivity index (χ1) is 9.20. The summed E-state index contributed by atoms with van der Waals surface area (Å²) in [5.74, 6) is 0.0641. The van der Waals surface area contributed by atoms with Crippen molar-refractivity contribution in [1.29, 1.82) is 0 Å². The van der Waals surface area contributed by atoms with Crippen LogP contribution in [0.1, 0.15) is 26.2 Å². The van der Waals surface area contributed by atoms with Crippen LogP contribution in [0, 0.1) is 5.92 Å². The van der Waals surface area contributed by atoms with Crippen LogP contribution < -0.4 is 16.2 Å². The summed E-state index contributed by atoms with van der Waals surface area (Å²) >= 11 is 0. The molecule has 104 valence electrons. The van der Waals surface area contributed by atoms with Gasteiger partial charge in [0.25, 0.3) is 5.56 Å². The molecule has 1 saturated heterocycles. The summed E-state index contributed by atoms with van der Waals surface area (Å²) in [6.07, 6.45) is 4.57. The molecule has 1 aromatic rings. The lowest BCUT2D eigenvalue weighted by Crippen LogP contribution is -2.37. The molecule has 2 N–H and O–H groups in total. The first kappa shape index (κ1) is 13.8. The van der Waals surface area contributed by atoms with Gasteiger partial charge >= 0.3 is 0 Å². The van der Waals surface area contributed by atoms with E-state index in [1.807, 2.05) is 6.92 Å². The molecule has 1 atom stereocenters. The molecule has 0 spiro atoms. The Hall–Kier alpha value is -1.62. The number of carbonyl (C=O) groups is 1. The van der Waals surface area contributed by atoms with Crippen molar-refractivity contribution in [3.05, 3.63) is 28.7 Å². The zero-order chi connectivity index (χ0) is 13.7. The minimum Gasteiger partial charge on any atom is -0.325 e. The minimum atomic E-state index is -0.0285. The smallest absolute Gasteiger partial charge is 0.250 e.